The molecule has 0 saturated heterocycles. The highest BCUT2D eigenvalue weighted by atomic mass is 32.2. The maximum Gasteiger partial charge on any atom is 0.181 e. The van der Waals surface area contributed by atoms with Crippen molar-refractivity contribution >= 4 is 9.84 Å². The van der Waals surface area contributed by atoms with Crippen LogP contribution in [0.2, 0.25) is 0 Å². The predicted octanol–water partition coefficient (Wildman–Crippen LogP) is 2.30. The molecule has 1 fully saturated rings. The van der Waals surface area contributed by atoms with Gasteiger partial charge in [-0.05, 0) is 44.4 Å². The third-order valence-electron chi connectivity index (χ3n) is 3.72. The average Bonchev–Trinajstić information content (AvgIpc) is 2.79. The topological polar surface area (TPSA) is 46.2 Å². The van der Waals surface area contributed by atoms with E-state index in [4.69, 9.17) is 0 Å². The highest BCUT2D eigenvalue weighted by molar-refractivity contribution is 7.92. The van der Waals surface area contributed by atoms with Gasteiger partial charge in [0, 0.05) is 6.04 Å². The zero-order valence-corrected chi connectivity index (χ0v) is 11.8. The predicted molar refractivity (Wildman–Crippen MR) is 73.5 cm³/mol. The molecule has 1 saturated carbocycles. The van der Waals surface area contributed by atoms with E-state index in [1.54, 1.807) is 12.1 Å². The normalized spacial score (nSPS) is 24.3. The summed E-state index contributed by atoms with van der Waals surface area (Å²) < 4.78 is 25.2. The van der Waals surface area contributed by atoms with Crippen LogP contribution >= 0.6 is 0 Å². The zero-order valence-electron chi connectivity index (χ0n) is 11.0. The SMILES string of the molecule is CCNC1CCC(S(=O)(=O)c2ccccc2C)C1. The van der Waals surface area contributed by atoms with Gasteiger partial charge >= 0.3 is 0 Å². The van der Waals surface area contributed by atoms with Crippen LogP contribution in [0.25, 0.3) is 0 Å². The van der Waals surface area contributed by atoms with Crippen molar-refractivity contribution < 1.29 is 8.42 Å². The third-order valence-corrected chi connectivity index (χ3v) is 6.09. The first-order valence-electron chi connectivity index (χ1n) is 6.58. The first kappa shape index (κ1) is 13.6. The van der Waals surface area contributed by atoms with Crippen molar-refractivity contribution in [1.82, 2.24) is 5.32 Å². The van der Waals surface area contributed by atoms with Crippen molar-refractivity contribution in [3.8, 4) is 0 Å². The second-order valence-electron chi connectivity index (χ2n) is 5.00. The van der Waals surface area contributed by atoms with Crippen LogP contribution in [0.1, 0.15) is 31.7 Å². The molecular weight excluding hydrogens is 246 g/mol. The highest BCUT2D eigenvalue weighted by Crippen LogP contribution is 2.31. The second kappa shape index (κ2) is 5.41. The maximum atomic E-state index is 12.6. The number of hydrogen-bond acceptors (Lipinski definition) is 3. The highest BCUT2D eigenvalue weighted by Gasteiger charge is 2.35. The molecule has 0 heterocycles. The molecule has 1 aromatic carbocycles. The lowest BCUT2D eigenvalue weighted by molar-refractivity contribution is 0.537. The van der Waals surface area contributed by atoms with Crippen LogP contribution in [-0.2, 0) is 9.84 Å². The van der Waals surface area contributed by atoms with Crippen LogP contribution < -0.4 is 5.32 Å². The van der Waals surface area contributed by atoms with Crippen molar-refractivity contribution in [3.63, 3.8) is 0 Å². The molecule has 3 nitrogen and oxygen atoms in total. The van der Waals surface area contributed by atoms with E-state index < -0.39 is 9.84 Å². The lowest BCUT2D eigenvalue weighted by Gasteiger charge is -2.14. The monoisotopic (exact) mass is 267 g/mol. The molecule has 2 rings (SSSR count). The molecule has 1 aliphatic carbocycles. The fourth-order valence-corrected chi connectivity index (χ4v) is 4.83. The molecule has 0 amide bonds. The summed E-state index contributed by atoms with van der Waals surface area (Å²) in [5.74, 6) is 0. The molecule has 2 atom stereocenters. The van der Waals surface area contributed by atoms with E-state index in [0.717, 1.165) is 31.4 Å². The third kappa shape index (κ3) is 2.59. The quantitative estimate of drug-likeness (QED) is 0.910. The van der Waals surface area contributed by atoms with Gasteiger partial charge in [-0.2, -0.15) is 0 Å². The summed E-state index contributed by atoms with van der Waals surface area (Å²) in [5.41, 5.74) is 0.851. The van der Waals surface area contributed by atoms with E-state index >= 15 is 0 Å². The Morgan fingerprint density at radius 2 is 2.00 bits per heavy atom. The van der Waals surface area contributed by atoms with Crippen molar-refractivity contribution in [2.45, 2.75) is 49.3 Å². The Bertz CT molecular complexity index is 510. The number of nitrogens with one attached hydrogen (secondary N) is 1. The van der Waals surface area contributed by atoms with Crippen LogP contribution in [0.4, 0.5) is 0 Å². The number of aryl methyl sites for hydroxylation is 1. The van der Waals surface area contributed by atoms with Crippen molar-refractivity contribution in [1.29, 1.82) is 0 Å². The van der Waals surface area contributed by atoms with Crippen LogP contribution in [0, 0.1) is 6.92 Å². The molecule has 1 N–H and O–H groups in total. The minimum Gasteiger partial charge on any atom is -0.314 e. The molecule has 18 heavy (non-hydrogen) atoms. The lowest BCUT2D eigenvalue weighted by Crippen LogP contribution is -2.28. The van der Waals surface area contributed by atoms with Crippen LogP contribution in [0.15, 0.2) is 29.2 Å². The number of sulfone groups is 1. The molecule has 2 unspecified atom stereocenters. The van der Waals surface area contributed by atoms with E-state index in [2.05, 4.69) is 12.2 Å². The van der Waals surface area contributed by atoms with Crippen molar-refractivity contribution in [3.05, 3.63) is 29.8 Å². The van der Waals surface area contributed by atoms with Gasteiger partial charge in [-0.1, -0.05) is 25.1 Å². The standard InChI is InChI=1S/C14H21NO2S/c1-3-15-12-8-9-13(10-12)18(16,17)14-7-5-4-6-11(14)2/h4-7,12-13,15H,3,8-10H2,1-2H3. The van der Waals surface area contributed by atoms with Gasteiger partial charge in [0.15, 0.2) is 9.84 Å². The minimum absolute atomic E-state index is 0.220. The van der Waals surface area contributed by atoms with Crippen molar-refractivity contribution in [2.75, 3.05) is 6.54 Å². The average molecular weight is 267 g/mol. The Balaban J connectivity index is 2.21. The number of benzene rings is 1. The van der Waals surface area contributed by atoms with E-state index in [0.29, 0.717) is 10.9 Å². The summed E-state index contributed by atoms with van der Waals surface area (Å²) >= 11 is 0. The van der Waals surface area contributed by atoms with Gasteiger partial charge in [-0.3, -0.25) is 0 Å². The fourth-order valence-electron chi connectivity index (χ4n) is 2.75. The van der Waals surface area contributed by atoms with Gasteiger partial charge in [0.25, 0.3) is 0 Å². The minimum atomic E-state index is -3.16. The molecule has 0 radical (unpaired) electrons. The Morgan fingerprint density at radius 3 is 2.67 bits per heavy atom. The molecule has 4 heteroatoms. The van der Waals surface area contributed by atoms with Gasteiger partial charge in [0.1, 0.15) is 0 Å². The summed E-state index contributed by atoms with van der Waals surface area (Å²) in [5, 5.41) is 3.13. The van der Waals surface area contributed by atoms with Gasteiger partial charge in [-0.15, -0.1) is 0 Å². The smallest absolute Gasteiger partial charge is 0.181 e. The van der Waals surface area contributed by atoms with Gasteiger partial charge in [0.2, 0.25) is 0 Å². The lowest BCUT2D eigenvalue weighted by atomic mass is 10.2. The molecule has 100 valence electrons. The molecule has 0 aromatic heterocycles. The second-order valence-corrected chi connectivity index (χ2v) is 7.20. The summed E-state index contributed by atoms with van der Waals surface area (Å²) in [6.45, 7) is 4.83. The Kier molecular flexibility index (Phi) is 4.07. The summed E-state index contributed by atoms with van der Waals surface area (Å²) in [7, 11) is -3.16. The van der Waals surface area contributed by atoms with E-state index in [9.17, 15) is 8.42 Å². The molecular formula is C14H21NO2S. The summed E-state index contributed by atoms with van der Waals surface area (Å²) in [6, 6.07) is 7.63. The number of hydrogen-bond donors (Lipinski definition) is 1. The van der Waals surface area contributed by atoms with E-state index in [-0.39, 0.29) is 5.25 Å². The molecule has 0 aliphatic heterocycles. The first-order valence-corrected chi connectivity index (χ1v) is 8.13. The maximum absolute atomic E-state index is 12.6. The molecule has 1 aliphatic rings. The summed E-state index contributed by atoms with van der Waals surface area (Å²) in [6.07, 6.45) is 2.47. The first-order chi connectivity index (χ1) is 8.55. The Morgan fingerprint density at radius 1 is 1.28 bits per heavy atom. The Hall–Kier alpha value is -0.870. The van der Waals surface area contributed by atoms with Gasteiger partial charge in [0.05, 0.1) is 10.1 Å². The van der Waals surface area contributed by atoms with Crippen LogP contribution in [0.3, 0.4) is 0 Å². The van der Waals surface area contributed by atoms with Gasteiger partial charge < -0.3 is 5.32 Å². The van der Waals surface area contributed by atoms with Crippen LogP contribution in [0.5, 0.6) is 0 Å². The number of rotatable bonds is 4. The largest absolute Gasteiger partial charge is 0.314 e. The van der Waals surface area contributed by atoms with Crippen LogP contribution in [-0.4, -0.2) is 26.3 Å². The van der Waals surface area contributed by atoms with Gasteiger partial charge in [-0.25, -0.2) is 8.42 Å². The van der Waals surface area contributed by atoms with E-state index in [1.807, 2.05) is 19.1 Å². The van der Waals surface area contributed by atoms with Crippen molar-refractivity contribution in [2.24, 2.45) is 0 Å². The fraction of sp³-hybridized carbons (Fsp3) is 0.571. The van der Waals surface area contributed by atoms with E-state index in [1.165, 1.54) is 0 Å². The molecule has 0 spiro atoms. The summed E-state index contributed by atoms with van der Waals surface area (Å²) in [4.78, 5) is 0.507. The zero-order chi connectivity index (χ0) is 13.2. The molecule has 1 aromatic rings. The molecule has 0 bridgehead atoms. The Labute approximate surface area is 110 Å².